The Labute approximate surface area is 152 Å². The van der Waals surface area contributed by atoms with Crippen LogP contribution < -0.4 is 0 Å². The van der Waals surface area contributed by atoms with Crippen molar-refractivity contribution in [3.63, 3.8) is 0 Å². The standard InChI is InChI=1S/C13H16O3.C7H10O3/c14-12(15)10-6-8-13(16,9-7-10)11-4-2-1-3-5-11;8-6-3-1-5(2-4-6)7(9)10/h1-5,10,16H,6-9H2,(H,14,15);5H,1-4H2,(H,9,10). The zero-order chi connectivity index (χ0) is 19.2. The number of carboxylic acid groups (broad SMARTS) is 2. The molecule has 0 unspecified atom stereocenters. The summed E-state index contributed by atoms with van der Waals surface area (Å²) in [5.74, 6) is -1.85. The Hall–Kier alpha value is -2.21. The van der Waals surface area contributed by atoms with E-state index in [0.29, 0.717) is 51.4 Å². The van der Waals surface area contributed by atoms with E-state index in [1.807, 2.05) is 30.3 Å². The van der Waals surface area contributed by atoms with Crippen LogP contribution in [0.2, 0.25) is 0 Å². The van der Waals surface area contributed by atoms with Gasteiger partial charge in [0, 0.05) is 12.8 Å². The second kappa shape index (κ2) is 8.94. The molecule has 2 aliphatic carbocycles. The van der Waals surface area contributed by atoms with Crippen molar-refractivity contribution in [2.75, 3.05) is 0 Å². The highest BCUT2D eigenvalue weighted by Gasteiger charge is 2.36. The van der Waals surface area contributed by atoms with Crippen LogP contribution in [-0.2, 0) is 20.0 Å². The summed E-state index contributed by atoms with van der Waals surface area (Å²) >= 11 is 0. The number of carbonyl (C=O) groups excluding carboxylic acids is 1. The molecule has 0 radical (unpaired) electrons. The molecule has 2 fully saturated rings. The molecular weight excluding hydrogens is 336 g/mol. The molecule has 0 bridgehead atoms. The van der Waals surface area contributed by atoms with Crippen molar-refractivity contribution >= 4 is 17.7 Å². The van der Waals surface area contributed by atoms with Gasteiger partial charge in [-0.3, -0.25) is 14.4 Å². The SMILES string of the molecule is O=C(O)C1CCC(O)(c2ccccc2)CC1.O=C1CCC(C(=O)O)CC1. The molecule has 3 N–H and O–H groups in total. The van der Waals surface area contributed by atoms with Crippen LogP contribution in [0.5, 0.6) is 0 Å². The van der Waals surface area contributed by atoms with Gasteiger partial charge in [-0.15, -0.1) is 0 Å². The van der Waals surface area contributed by atoms with E-state index in [0.717, 1.165) is 5.56 Å². The molecule has 0 aliphatic heterocycles. The van der Waals surface area contributed by atoms with Crippen LogP contribution >= 0.6 is 0 Å². The smallest absolute Gasteiger partial charge is 0.306 e. The number of carbonyl (C=O) groups is 3. The second-order valence-electron chi connectivity index (χ2n) is 7.16. The van der Waals surface area contributed by atoms with Gasteiger partial charge in [0.2, 0.25) is 0 Å². The van der Waals surface area contributed by atoms with E-state index in [1.165, 1.54) is 0 Å². The molecule has 0 atom stereocenters. The summed E-state index contributed by atoms with van der Waals surface area (Å²) in [6.07, 6.45) is 4.17. The number of ketones is 1. The molecule has 1 aromatic carbocycles. The highest BCUT2D eigenvalue weighted by molar-refractivity contribution is 5.81. The Morgan fingerprint density at radius 3 is 1.77 bits per heavy atom. The highest BCUT2D eigenvalue weighted by atomic mass is 16.4. The Kier molecular flexibility index (Phi) is 6.91. The first kappa shape index (κ1) is 20.1. The number of carboxylic acids is 2. The van der Waals surface area contributed by atoms with E-state index < -0.39 is 17.5 Å². The van der Waals surface area contributed by atoms with Gasteiger partial charge in [-0.2, -0.15) is 0 Å². The van der Waals surface area contributed by atoms with Gasteiger partial charge in [0.25, 0.3) is 0 Å². The third-order valence-corrected chi connectivity index (χ3v) is 5.37. The Bertz CT molecular complexity index is 621. The molecule has 2 aliphatic rings. The molecule has 0 aromatic heterocycles. The van der Waals surface area contributed by atoms with Crippen LogP contribution in [0, 0.1) is 11.8 Å². The first-order valence-corrected chi connectivity index (χ1v) is 9.07. The van der Waals surface area contributed by atoms with Gasteiger partial charge in [-0.1, -0.05) is 30.3 Å². The number of hydrogen-bond donors (Lipinski definition) is 3. The largest absolute Gasteiger partial charge is 0.481 e. The lowest BCUT2D eigenvalue weighted by Gasteiger charge is -2.35. The average Bonchev–Trinajstić information content (AvgIpc) is 2.64. The lowest BCUT2D eigenvalue weighted by Crippen LogP contribution is -2.33. The number of hydrogen-bond acceptors (Lipinski definition) is 4. The molecule has 0 amide bonds. The molecule has 26 heavy (non-hydrogen) atoms. The number of rotatable bonds is 3. The maximum absolute atomic E-state index is 10.8. The van der Waals surface area contributed by atoms with E-state index >= 15 is 0 Å². The van der Waals surface area contributed by atoms with E-state index in [2.05, 4.69) is 0 Å². The minimum atomic E-state index is -0.826. The van der Waals surface area contributed by atoms with Crippen LogP contribution in [0.4, 0.5) is 0 Å². The summed E-state index contributed by atoms with van der Waals surface area (Å²) in [6.45, 7) is 0. The molecule has 142 valence electrons. The van der Waals surface area contributed by atoms with Crippen LogP contribution in [0.1, 0.15) is 56.9 Å². The minimum Gasteiger partial charge on any atom is -0.481 e. The molecule has 0 saturated heterocycles. The van der Waals surface area contributed by atoms with Crippen LogP contribution in [-0.4, -0.2) is 33.0 Å². The van der Waals surface area contributed by atoms with Gasteiger partial charge >= 0.3 is 11.9 Å². The first-order chi connectivity index (χ1) is 12.3. The number of aliphatic carboxylic acids is 2. The van der Waals surface area contributed by atoms with E-state index in [-0.39, 0.29) is 17.6 Å². The number of Topliss-reactive ketones (excluding diaryl/α,β-unsaturated/α-hetero) is 1. The summed E-state index contributed by atoms with van der Waals surface area (Å²) in [5, 5.41) is 27.9. The molecule has 3 rings (SSSR count). The van der Waals surface area contributed by atoms with Crippen molar-refractivity contribution in [2.24, 2.45) is 11.8 Å². The van der Waals surface area contributed by atoms with Gasteiger partial charge in [0.1, 0.15) is 5.78 Å². The Balaban J connectivity index is 0.000000209. The van der Waals surface area contributed by atoms with Crippen molar-refractivity contribution in [1.29, 1.82) is 0 Å². The fourth-order valence-corrected chi connectivity index (χ4v) is 3.57. The lowest BCUT2D eigenvalue weighted by molar-refractivity contribution is -0.145. The third kappa shape index (κ3) is 5.39. The molecule has 2 saturated carbocycles. The zero-order valence-electron chi connectivity index (χ0n) is 14.8. The summed E-state index contributed by atoms with van der Waals surface area (Å²) in [7, 11) is 0. The minimum absolute atomic E-state index is 0.206. The molecule has 0 spiro atoms. The summed E-state index contributed by atoms with van der Waals surface area (Å²) in [5.41, 5.74) is 0.0755. The summed E-state index contributed by atoms with van der Waals surface area (Å²) in [6, 6.07) is 9.52. The first-order valence-electron chi connectivity index (χ1n) is 9.07. The Morgan fingerprint density at radius 1 is 0.846 bits per heavy atom. The number of aliphatic hydroxyl groups is 1. The third-order valence-electron chi connectivity index (χ3n) is 5.37. The quantitative estimate of drug-likeness (QED) is 0.762. The van der Waals surface area contributed by atoms with Crippen molar-refractivity contribution in [3.05, 3.63) is 35.9 Å². The van der Waals surface area contributed by atoms with E-state index in [9.17, 15) is 19.5 Å². The fraction of sp³-hybridized carbons (Fsp3) is 0.550. The molecule has 6 heteroatoms. The maximum Gasteiger partial charge on any atom is 0.306 e. The maximum atomic E-state index is 10.8. The van der Waals surface area contributed by atoms with Crippen molar-refractivity contribution in [3.8, 4) is 0 Å². The predicted octanol–water partition coefficient (Wildman–Crippen LogP) is 2.98. The van der Waals surface area contributed by atoms with E-state index in [4.69, 9.17) is 10.2 Å². The second-order valence-corrected chi connectivity index (χ2v) is 7.16. The summed E-state index contributed by atoms with van der Waals surface area (Å²) in [4.78, 5) is 31.8. The normalized spacial score (nSPS) is 26.5. The summed E-state index contributed by atoms with van der Waals surface area (Å²) < 4.78 is 0. The van der Waals surface area contributed by atoms with Crippen molar-refractivity contribution < 1.29 is 29.7 Å². The fourth-order valence-electron chi connectivity index (χ4n) is 3.57. The highest BCUT2D eigenvalue weighted by Crippen LogP contribution is 2.39. The molecule has 6 nitrogen and oxygen atoms in total. The van der Waals surface area contributed by atoms with Gasteiger partial charge in [-0.05, 0) is 44.1 Å². The average molecular weight is 362 g/mol. The number of benzene rings is 1. The monoisotopic (exact) mass is 362 g/mol. The topological polar surface area (TPSA) is 112 Å². The zero-order valence-corrected chi connectivity index (χ0v) is 14.8. The van der Waals surface area contributed by atoms with Crippen LogP contribution in [0.15, 0.2) is 30.3 Å². The van der Waals surface area contributed by atoms with Gasteiger partial charge in [0.05, 0.1) is 17.4 Å². The lowest BCUT2D eigenvalue weighted by atomic mass is 9.75. The molecule has 1 aromatic rings. The van der Waals surface area contributed by atoms with Crippen molar-refractivity contribution in [1.82, 2.24) is 0 Å². The molecular formula is C20H26O6. The van der Waals surface area contributed by atoms with Crippen LogP contribution in [0.3, 0.4) is 0 Å². The predicted molar refractivity (Wildman–Crippen MR) is 94.5 cm³/mol. The van der Waals surface area contributed by atoms with Crippen LogP contribution in [0.25, 0.3) is 0 Å². The van der Waals surface area contributed by atoms with Gasteiger partial charge < -0.3 is 15.3 Å². The molecule has 0 heterocycles. The Morgan fingerprint density at radius 2 is 1.31 bits per heavy atom. The van der Waals surface area contributed by atoms with E-state index in [1.54, 1.807) is 0 Å². The van der Waals surface area contributed by atoms with Crippen molar-refractivity contribution in [2.45, 2.75) is 57.0 Å². The van der Waals surface area contributed by atoms with Gasteiger partial charge in [-0.25, -0.2) is 0 Å². The van der Waals surface area contributed by atoms with Gasteiger partial charge in [0.15, 0.2) is 0 Å².